The number of carbonyl (C=O) groups is 1. The number of rotatable bonds is 4. The molecular weight excluding hydrogens is 284 g/mol. The predicted molar refractivity (Wildman–Crippen MR) is 80.8 cm³/mol. The molecule has 3 aromatic heterocycles. The quantitative estimate of drug-likeness (QED) is 0.803. The molecule has 1 amide bonds. The van der Waals surface area contributed by atoms with Crippen molar-refractivity contribution in [2.75, 3.05) is 0 Å². The lowest BCUT2D eigenvalue weighted by atomic mass is 10.2. The summed E-state index contributed by atoms with van der Waals surface area (Å²) in [7, 11) is 0. The lowest BCUT2D eigenvalue weighted by Crippen LogP contribution is -2.22. The van der Waals surface area contributed by atoms with Gasteiger partial charge >= 0.3 is 0 Å². The van der Waals surface area contributed by atoms with Crippen LogP contribution in [0.3, 0.4) is 0 Å². The summed E-state index contributed by atoms with van der Waals surface area (Å²) in [4.78, 5) is 24.4. The second kappa shape index (κ2) is 6.23. The van der Waals surface area contributed by atoms with Gasteiger partial charge in [-0.05, 0) is 23.8 Å². The van der Waals surface area contributed by atoms with E-state index in [1.54, 1.807) is 24.8 Å². The van der Waals surface area contributed by atoms with Gasteiger partial charge in [-0.1, -0.05) is 6.07 Å². The minimum atomic E-state index is -0.177. The van der Waals surface area contributed by atoms with E-state index in [4.69, 9.17) is 0 Å². The van der Waals surface area contributed by atoms with Crippen molar-refractivity contribution in [3.8, 4) is 11.3 Å². The van der Waals surface area contributed by atoms with Gasteiger partial charge in [0.05, 0.1) is 5.69 Å². The minimum absolute atomic E-state index is 0.177. The van der Waals surface area contributed by atoms with Gasteiger partial charge in [-0.15, -0.1) is 11.3 Å². The highest BCUT2D eigenvalue weighted by Crippen LogP contribution is 2.20. The average Bonchev–Trinajstić information content (AvgIpc) is 3.04. The molecule has 3 rings (SSSR count). The van der Waals surface area contributed by atoms with Crippen molar-refractivity contribution in [1.29, 1.82) is 0 Å². The van der Waals surface area contributed by atoms with Crippen LogP contribution in [0.25, 0.3) is 11.3 Å². The Morgan fingerprint density at radius 3 is 2.76 bits per heavy atom. The maximum atomic E-state index is 12.1. The first-order chi connectivity index (χ1) is 10.3. The van der Waals surface area contributed by atoms with E-state index in [1.807, 2.05) is 29.6 Å². The fourth-order valence-corrected chi connectivity index (χ4v) is 2.54. The number of nitrogens with one attached hydrogen (secondary N) is 1. The lowest BCUT2D eigenvalue weighted by Gasteiger charge is -2.02. The molecule has 0 bridgehead atoms. The van der Waals surface area contributed by atoms with E-state index in [9.17, 15) is 4.79 Å². The third-order valence-electron chi connectivity index (χ3n) is 2.85. The smallest absolute Gasteiger partial charge is 0.280 e. The standard InChI is InChI=1S/C15H12N4OS/c20-14(18-9-11-2-1-5-17-8-11)15-19-13(10-21-15)12-3-6-16-7-4-12/h1-8,10H,9H2,(H,18,20). The zero-order valence-electron chi connectivity index (χ0n) is 11.1. The summed E-state index contributed by atoms with van der Waals surface area (Å²) in [5.41, 5.74) is 2.69. The molecule has 104 valence electrons. The molecule has 3 aromatic rings. The summed E-state index contributed by atoms with van der Waals surface area (Å²) in [5.74, 6) is -0.177. The number of hydrogen-bond donors (Lipinski definition) is 1. The number of nitrogens with zero attached hydrogens (tertiary/aromatic N) is 3. The molecule has 0 fully saturated rings. The zero-order valence-corrected chi connectivity index (χ0v) is 11.9. The van der Waals surface area contributed by atoms with Crippen LogP contribution in [0.5, 0.6) is 0 Å². The van der Waals surface area contributed by atoms with E-state index >= 15 is 0 Å². The molecule has 0 aliphatic carbocycles. The monoisotopic (exact) mass is 296 g/mol. The number of thiazole rings is 1. The van der Waals surface area contributed by atoms with Crippen molar-refractivity contribution in [2.45, 2.75) is 6.54 Å². The molecule has 5 nitrogen and oxygen atoms in total. The third-order valence-corrected chi connectivity index (χ3v) is 3.69. The van der Waals surface area contributed by atoms with E-state index in [2.05, 4.69) is 20.3 Å². The summed E-state index contributed by atoms with van der Waals surface area (Å²) < 4.78 is 0. The van der Waals surface area contributed by atoms with E-state index < -0.39 is 0 Å². The van der Waals surface area contributed by atoms with Gasteiger partial charge in [0.25, 0.3) is 5.91 Å². The van der Waals surface area contributed by atoms with Crippen molar-refractivity contribution >= 4 is 17.2 Å². The Kier molecular flexibility index (Phi) is 3.97. The first-order valence-electron chi connectivity index (χ1n) is 6.36. The van der Waals surface area contributed by atoms with Crippen LogP contribution in [0.1, 0.15) is 15.4 Å². The lowest BCUT2D eigenvalue weighted by molar-refractivity contribution is 0.0950. The second-order valence-electron chi connectivity index (χ2n) is 4.32. The van der Waals surface area contributed by atoms with Crippen LogP contribution in [0.15, 0.2) is 54.4 Å². The van der Waals surface area contributed by atoms with Crippen LogP contribution in [0.4, 0.5) is 0 Å². The minimum Gasteiger partial charge on any atom is -0.346 e. The van der Waals surface area contributed by atoms with Crippen LogP contribution in [0.2, 0.25) is 0 Å². The van der Waals surface area contributed by atoms with E-state index in [0.29, 0.717) is 11.6 Å². The maximum absolute atomic E-state index is 12.1. The SMILES string of the molecule is O=C(NCc1cccnc1)c1nc(-c2ccncc2)cs1. The maximum Gasteiger partial charge on any atom is 0.280 e. The van der Waals surface area contributed by atoms with Crippen LogP contribution < -0.4 is 5.32 Å². The van der Waals surface area contributed by atoms with E-state index in [0.717, 1.165) is 16.8 Å². The van der Waals surface area contributed by atoms with Crippen molar-refractivity contribution in [2.24, 2.45) is 0 Å². The predicted octanol–water partition coefficient (Wildman–Crippen LogP) is 2.53. The molecular formula is C15H12N4OS. The molecule has 0 spiro atoms. The van der Waals surface area contributed by atoms with Crippen molar-refractivity contribution < 1.29 is 4.79 Å². The molecule has 0 aliphatic rings. The molecule has 1 N–H and O–H groups in total. The third kappa shape index (κ3) is 3.29. The van der Waals surface area contributed by atoms with Crippen LogP contribution >= 0.6 is 11.3 Å². The summed E-state index contributed by atoms with van der Waals surface area (Å²) in [6, 6.07) is 7.49. The van der Waals surface area contributed by atoms with Gasteiger partial charge in [-0.25, -0.2) is 4.98 Å². The Labute approximate surface area is 125 Å². The summed E-state index contributed by atoms with van der Waals surface area (Å²) in [6.45, 7) is 0.441. The van der Waals surface area contributed by atoms with E-state index in [-0.39, 0.29) is 5.91 Å². The molecule has 0 atom stereocenters. The van der Waals surface area contributed by atoms with Gasteiger partial charge in [-0.3, -0.25) is 14.8 Å². The molecule has 0 saturated carbocycles. The largest absolute Gasteiger partial charge is 0.346 e. The van der Waals surface area contributed by atoms with Crippen LogP contribution in [-0.4, -0.2) is 20.9 Å². The Morgan fingerprint density at radius 1 is 1.14 bits per heavy atom. The molecule has 0 aliphatic heterocycles. The molecule has 3 heterocycles. The molecule has 0 radical (unpaired) electrons. The fraction of sp³-hybridized carbons (Fsp3) is 0.0667. The number of amides is 1. The topological polar surface area (TPSA) is 67.8 Å². The summed E-state index contributed by atoms with van der Waals surface area (Å²) in [5, 5.41) is 5.16. The number of hydrogen-bond acceptors (Lipinski definition) is 5. The van der Waals surface area contributed by atoms with Gasteiger partial charge in [-0.2, -0.15) is 0 Å². The Hall–Kier alpha value is -2.60. The summed E-state index contributed by atoms with van der Waals surface area (Å²) >= 11 is 1.33. The van der Waals surface area contributed by atoms with Crippen molar-refractivity contribution in [3.05, 3.63) is 65.0 Å². The molecule has 0 saturated heterocycles. The summed E-state index contributed by atoms with van der Waals surface area (Å²) in [6.07, 6.45) is 6.84. The van der Waals surface area contributed by atoms with Crippen LogP contribution in [-0.2, 0) is 6.54 Å². The number of aromatic nitrogens is 3. The van der Waals surface area contributed by atoms with Gasteiger partial charge in [0.1, 0.15) is 0 Å². The molecule has 0 aromatic carbocycles. The molecule has 6 heteroatoms. The van der Waals surface area contributed by atoms with Gasteiger partial charge < -0.3 is 5.32 Å². The first kappa shape index (κ1) is 13.4. The highest BCUT2D eigenvalue weighted by molar-refractivity contribution is 7.12. The zero-order chi connectivity index (χ0) is 14.5. The van der Waals surface area contributed by atoms with Gasteiger partial charge in [0.2, 0.25) is 0 Å². The van der Waals surface area contributed by atoms with Crippen molar-refractivity contribution in [1.82, 2.24) is 20.3 Å². The van der Waals surface area contributed by atoms with Crippen LogP contribution in [0, 0.1) is 0 Å². The highest BCUT2D eigenvalue weighted by atomic mass is 32.1. The van der Waals surface area contributed by atoms with Crippen molar-refractivity contribution in [3.63, 3.8) is 0 Å². The number of carbonyl (C=O) groups excluding carboxylic acids is 1. The fourth-order valence-electron chi connectivity index (χ4n) is 1.79. The highest BCUT2D eigenvalue weighted by Gasteiger charge is 2.11. The molecule has 21 heavy (non-hydrogen) atoms. The Bertz CT molecular complexity index is 728. The van der Waals surface area contributed by atoms with Gasteiger partial charge in [0, 0.05) is 42.3 Å². The van der Waals surface area contributed by atoms with Gasteiger partial charge in [0.15, 0.2) is 5.01 Å². The van der Waals surface area contributed by atoms with E-state index in [1.165, 1.54) is 11.3 Å². The molecule has 0 unspecified atom stereocenters. The Morgan fingerprint density at radius 2 is 2.00 bits per heavy atom. The second-order valence-corrected chi connectivity index (χ2v) is 5.18. The average molecular weight is 296 g/mol. The number of pyridine rings is 2. The Balaban J connectivity index is 1.67. The normalized spacial score (nSPS) is 10.3. The first-order valence-corrected chi connectivity index (χ1v) is 7.24.